The van der Waals surface area contributed by atoms with E-state index in [9.17, 15) is 0 Å². The van der Waals surface area contributed by atoms with Gasteiger partial charge in [-0.05, 0) is 13.1 Å². The molecule has 5 heteroatoms. The van der Waals surface area contributed by atoms with E-state index in [2.05, 4.69) is 15.3 Å². The lowest BCUT2D eigenvalue weighted by atomic mass is 10.3. The first kappa shape index (κ1) is 11.0. The highest BCUT2D eigenvalue weighted by Gasteiger charge is 2.04. The van der Waals surface area contributed by atoms with Gasteiger partial charge in [0.25, 0.3) is 0 Å². The minimum absolute atomic E-state index is 0.621. The third-order valence-corrected chi connectivity index (χ3v) is 3.14. The van der Waals surface area contributed by atoms with Gasteiger partial charge >= 0.3 is 0 Å². The van der Waals surface area contributed by atoms with Gasteiger partial charge < -0.3 is 10.1 Å². The second-order valence-electron chi connectivity index (χ2n) is 3.25. The van der Waals surface area contributed by atoms with E-state index < -0.39 is 0 Å². The highest BCUT2D eigenvalue weighted by molar-refractivity contribution is 7.15. The molecular formula is C11H13N3OS. The van der Waals surface area contributed by atoms with Gasteiger partial charge in [0.15, 0.2) is 0 Å². The summed E-state index contributed by atoms with van der Waals surface area (Å²) in [5.74, 6) is 0.621. The average Bonchev–Trinajstić information content (AvgIpc) is 2.78. The van der Waals surface area contributed by atoms with E-state index in [0.717, 1.165) is 17.1 Å². The Kier molecular flexibility index (Phi) is 3.48. The lowest BCUT2D eigenvalue weighted by Crippen LogP contribution is -2.02. The van der Waals surface area contributed by atoms with E-state index in [1.54, 1.807) is 24.6 Å². The first-order valence-electron chi connectivity index (χ1n) is 4.93. The quantitative estimate of drug-likeness (QED) is 0.879. The highest BCUT2D eigenvalue weighted by atomic mass is 32.1. The Morgan fingerprint density at radius 1 is 1.31 bits per heavy atom. The number of methoxy groups -OCH3 is 1. The van der Waals surface area contributed by atoms with Crippen LogP contribution < -0.4 is 10.1 Å². The van der Waals surface area contributed by atoms with Crippen LogP contribution in [0.1, 0.15) is 4.88 Å². The minimum atomic E-state index is 0.621. The summed E-state index contributed by atoms with van der Waals surface area (Å²) in [7, 11) is 3.53. The molecule has 0 atom stereocenters. The summed E-state index contributed by atoms with van der Waals surface area (Å²) in [5.41, 5.74) is 1.02. The van der Waals surface area contributed by atoms with Gasteiger partial charge in [0.05, 0.1) is 7.11 Å². The summed E-state index contributed by atoms with van der Waals surface area (Å²) in [6.45, 7) is 0.848. The van der Waals surface area contributed by atoms with Crippen molar-refractivity contribution in [2.75, 3.05) is 14.2 Å². The molecule has 0 saturated heterocycles. The van der Waals surface area contributed by atoms with Crippen LogP contribution in [0.2, 0.25) is 0 Å². The molecule has 0 unspecified atom stereocenters. The summed E-state index contributed by atoms with van der Waals surface area (Å²) in [5, 5.41) is 4.09. The first-order chi connectivity index (χ1) is 7.83. The molecule has 0 aliphatic heterocycles. The predicted octanol–water partition coefficient (Wildman–Crippen LogP) is 1.93. The molecule has 4 nitrogen and oxygen atoms in total. The van der Waals surface area contributed by atoms with E-state index in [1.807, 2.05) is 25.4 Å². The molecule has 0 aliphatic rings. The maximum Gasteiger partial charge on any atom is 0.212 e. The van der Waals surface area contributed by atoms with Crippen molar-refractivity contribution in [3.05, 3.63) is 29.4 Å². The second-order valence-corrected chi connectivity index (χ2v) is 4.37. The van der Waals surface area contributed by atoms with Crippen LogP contribution in [0.5, 0.6) is 5.88 Å². The fourth-order valence-electron chi connectivity index (χ4n) is 1.32. The zero-order valence-corrected chi connectivity index (χ0v) is 10.0. The van der Waals surface area contributed by atoms with Crippen molar-refractivity contribution < 1.29 is 4.74 Å². The Bertz CT molecular complexity index is 453. The number of hydrogen-bond donors (Lipinski definition) is 1. The number of nitrogens with one attached hydrogen (secondary N) is 1. The Labute approximate surface area is 98.3 Å². The standard InChI is InChI=1S/C11H13N3OS/c1-12-6-9-7-14-11(16-9)8-3-4-10(15-2)13-5-8/h3-5,7,12H,6H2,1-2H3. The number of ether oxygens (including phenoxy) is 1. The van der Waals surface area contributed by atoms with Gasteiger partial charge in [-0.15, -0.1) is 11.3 Å². The number of pyridine rings is 1. The molecule has 1 N–H and O–H groups in total. The molecule has 2 aromatic heterocycles. The summed E-state index contributed by atoms with van der Waals surface area (Å²) in [6.07, 6.45) is 3.67. The molecular weight excluding hydrogens is 222 g/mol. The first-order valence-corrected chi connectivity index (χ1v) is 5.75. The smallest absolute Gasteiger partial charge is 0.212 e. The molecule has 0 saturated carbocycles. The van der Waals surface area contributed by atoms with Crippen LogP contribution in [0.3, 0.4) is 0 Å². The lowest BCUT2D eigenvalue weighted by molar-refractivity contribution is 0.398. The molecule has 0 radical (unpaired) electrons. The van der Waals surface area contributed by atoms with E-state index >= 15 is 0 Å². The third kappa shape index (κ3) is 2.37. The fraction of sp³-hybridized carbons (Fsp3) is 0.273. The zero-order valence-electron chi connectivity index (χ0n) is 9.23. The summed E-state index contributed by atoms with van der Waals surface area (Å²) >= 11 is 1.67. The van der Waals surface area contributed by atoms with E-state index in [1.165, 1.54) is 4.88 Å². The molecule has 0 amide bonds. The number of nitrogens with zero attached hydrogens (tertiary/aromatic N) is 2. The molecule has 2 rings (SSSR count). The highest BCUT2D eigenvalue weighted by Crippen LogP contribution is 2.25. The SMILES string of the molecule is CNCc1cnc(-c2ccc(OC)nc2)s1. The Morgan fingerprint density at radius 3 is 2.81 bits per heavy atom. The molecule has 2 heterocycles. The Hall–Kier alpha value is -1.46. The van der Waals surface area contributed by atoms with Gasteiger partial charge in [-0.25, -0.2) is 9.97 Å². The average molecular weight is 235 g/mol. The van der Waals surface area contributed by atoms with Crippen LogP contribution in [0, 0.1) is 0 Å². The molecule has 84 valence electrons. The van der Waals surface area contributed by atoms with Crippen molar-refractivity contribution in [1.82, 2.24) is 15.3 Å². The number of aromatic nitrogens is 2. The van der Waals surface area contributed by atoms with Crippen molar-refractivity contribution in [3.63, 3.8) is 0 Å². The normalized spacial score (nSPS) is 10.4. The fourth-order valence-corrected chi connectivity index (χ4v) is 2.24. The zero-order chi connectivity index (χ0) is 11.4. The third-order valence-electron chi connectivity index (χ3n) is 2.10. The van der Waals surface area contributed by atoms with E-state index in [-0.39, 0.29) is 0 Å². The van der Waals surface area contributed by atoms with Gasteiger partial charge in [0.2, 0.25) is 5.88 Å². The van der Waals surface area contributed by atoms with Crippen LogP contribution in [0.25, 0.3) is 10.6 Å². The monoisotopic (exact) mass is 235 g/mol. The maximum atomic E-state index is 5.01. The summed E-state index contributed by atoms with van der Waals surface area (Å²) in [4.78, 5) is 9.73. The van der Waals surface area contributed by atoms with Gasteiger partial charge in [0.1, 0.15) is 5.01 Å². The van der Waals surface area contributed by atoms with Gasteiger partial charge in [-0.3, -0.25) is 0 Å². The summed E-state index contributed by atoms with van der Waals surface area (Å²) < 4.78 is 5.01. The van der Waals surface area contributed by atoms with Crippen LogP contribution in [-0.4, -0.2) is 24.1 Å². The van der Waals surface area contributed by atoms with Crippen LogP contribution in [0.15, 0.2) is 24.5 Å². The van der Waals surface area contributed by atoms with Gasteiger partial charge in [-0.1, -0.05) is 0 Å². The molecule has 2 aromatic rings. The van der Waals surface area contributed by atoms with Gasteiger partial charge in [0, 0.05) is 35.4 Å². The predicted molar refractivity (Wildman–Crippen MR) is 64.7 cm³/mol. The largest absolute Gasteiger partial charge is 0.481 e. The van der Waals surface area contributed by atoms with Crippen molar-refractivity contribution in [3.8, 4) is 16.5 Å². The van der Waals surface area contributed by atoms with E-state index in [0.29, 0.717) is 5.88 Å². The molecule has 0 aliphatic carbocycles. The molecule has 0 spiro atoms. The number of hydrogen-bond acceptors (Lipinski definition) is 5. The van der Waals surface area contributed by atoms with Crippen LogP contribution in [-0.2, 0) is 6.54 Å². The Balaban J connectivity index is 2.21. The van der Waals surface area contributed by atoms with E-state index in [4.69, 9.17) is 4.74 Å². The molecule has 0 aromatic carbocycles. The number of rotatable bonds is 4. The van der Waals surface area contributed by atoms with Crippen molar-refractivity contribution in [1.29, 1.82) is 0 Å². The maximum absolute atomic E-state index is 5.01. The van der Waals surface area contributed by atoms with Crippen LogP contribution >= 0.6 is 11.3 Å². The van der Waals surface area contributed by atoms with Crippen LogP contribution in [0.4, 0.5) is 0 Å². The second kappa shape index (κ2) is 5.05. The summed E-state index contributed by atoms with van der Waals surface area (Å²) in [6, 6.07) is 3.81. The van der Waals surface area contributed by atoms with Crippen molar-refractivity contribution in [2.45, 2.75) is 6.54 Å². The topological polar surface area (TPSA) is 47.0 Å². The Morgan fingerprint density at radius 2 is 2.19 bits per heavy atom. The number of thiazole rings is 1. The van der Waals surface area contributed by atoms with Crippen molar-refractivity contribution >= 4 is 11.3 Å². The van der Waals surface area contributed by atoms with Gasteiger partial charge in [-0.2, -0.15) is 0 Å². The minimum Gasteiger partial charge on any atom is -0.481 e. The molecule has 0 bridgehead atoms. The van der Waals surface area contributed by atoms with Crippen molar-refractivity contribution in [2.24, 2.45) is 0 Å². The lowest BCUT2D eigenvalue weighted by Gasteiger charge is -1.98. The molecule has 0 fully saturated rings. The molecule has 16 heavy (non-hydrogen) atoms.